The topological polar surface area (TPSA) is 300 Å². The number of ether oxygens (including phenoxy) is 4. The van der Waals surface area contributed by atoms with Crippen LogP contribution >= 0.6 is 0 Å². The van der Waals surface area contributed by atoms with E-state index in [1.54, 1.807) is 72.8 Å². The second-order valence-corrected chi connectivity index (χ2v) is 21.0. The van der Waals surface area contributed by atoms with Crippen molar-refractivity contribution >= 4 is 0 Å². The molecule has 13 rings (SSSR count). The van der Waals surface area contributed by atoms with Crippen molar-refractivity contribution in [2.75, 3.05) is 6.61 Å². The van der Waals surface area contributed by atoms with E-state index in [0.29, 0.717) is 66.8 Å². The molecular formula is C62H52O17. The van der Waals surface area contributed by atoms with Crippen LogP contribution in [0.25, 0.3) is 0 Å². The predicted molar refractivity (Wildman–Crippen MR) is 281 cm³/mol. The first-order chi connectivity index (χ1) is 38.0. The number of fused-ring (bicyclic) bond motifs is 4. The van der Waals surface area contributed by atoms with E-state index in [1.165, 1.54) is 72.8 Å². The smallest absolute Gasteiger partial charge is 0.184 e. The maximum absolute atomic E-state index is 12.8. The van der Waals surface area contributed by atoms with E-state index in [1.807, 2.05) is 0 Å². The first-order valence-corrected chi connectivity index (χ1v) is 25.7. The standard InChI is InChI=1S/C62H52O17/c63-25-46-61(57(73)58(74)62(75)79-46)78-43-22-37(71)20-41-50(43)48(27-3-11-31(65)12-4-27)54(40-19-36(70)24-45-52(40)56(41)60(77-45)29-7-15-33(67)16-8-29)53-39-18-35(69)23-44-51(39)55(59(76-44)28-5-13-32(66)14-6-28)38-17-34(68)21-42(72)49(38)47(53)26-1-9-30(64)10-2-26/h1-24,46-48,53-75H,25H2/t46-,47-,48-,53-,54-,55-,56-,57-,58-,59+,60+,61-,62-/m1/s1. The molecule has 13 N–H and O–H groups in total. The molecule has 1 fully saturated rings. The normalized spacial score (nSPS) is 27.0. The van der Waals surface area contributed by atoms with Crippen molar-refractivity contribution in [3.63, 3.8) is 0 Å². The number of aromatic hydroxyl groups is 9. The van der Waals surface area contributed by atoms with Gasteiger partial charge in [-0.05, 0) is 117 Å². The van der Waals surface area contributed by atoms with Crippen LogP contribution < -0.4 is 14.2 Å². The van der Waals surface area contributed by atoms with Crippen LogP contribution in [0.4, 0.5) is 0 Å². The van der Waals surface area contributed by atoms with E-state index in [9.17, 15) is 66.4 Å². The molecule has 79 heavy (non-hydrogen) atoms. The van der Waals surface area contributed by atoms with Gasteiger partial charge >= 0.3 is 0 Å². The fourth-order valence-electron chi connectivity index (χ4n) is 13.4. The van der Waals surface area contributed by atoms with Crippen LogP contribution in [-0.4, -0.2) is 104 Å². The number of phenols is 9. The Balaban J connectivity index is 1.19. The van der Waals surface area contributed by atoms with Gasteiger partial charge in [0.1, 0.15) is 99.5 Å². The van der Waals surface area contributed by atoms with Crippen LogP contribution in [0.3, 0.4) is 0 Å². The Labute approximate surface area is 450 Å². The summed E-state index contributed by atoms with van der Waals surface area (Å²) in [6.07, 6.45) is -10.6. The van der Waals surface area contributed by atoms with Crippen molar-refractivity contribution < 1.29 is 85.3 Å². The summed E-state index contributed by atoms with van der Waals surface area (Å²) in [6.45, 7) is -0.796. The maximum atomic E-state index is 12.8. The van der Waals surface area contributed by atoms with Crippen molar-refractivity contribution in [3.05, 3.63) is 212 Å². The summed E-state index contributed by atoms with van der Waals surface area (Å²) in [5, 5.41) is 148. The first-order valence-electron chi connectivity index (χ1n) is 25.7. The molecule has 5 aliphatic rings. The maximum Gasteiger partial charge on any atom is 0.184 e. The Morgan fingerprint density at radius 1 is 0.380 bits per heavy atom. The van der Waals surface area contributed by atoms with E-state index < -0.39 is 85.0 Å². The molecule has 13 atom stereocenters. The molecule has 3 heterocycles. The molecular weight excluding hydrogens is 1020 g/mol. The van der Waals surface area contributed by atoms with Crippen LogP contribution in [0.5, 0.6) is 69.0 Å². The van der Waals surface area contributed by atoms with E-state index in [-0.39, 0.29) is 69.0 Å². The zero-order valence-corrected chi connectivity index (χ0v) is 41.5. The Morgan fingerprint density at radius 2 is 0.772 bits per heavy atom. The Morgan fingerprint density at radius 3 is 1.23 bits per heavy atom. The predicted octanol–water partition coefficient (Wildman–Crippen LogP) is 7.91. The van der Waals surface area contributed by atoms with Gasteiger partial charge in [-0.25, -0.2) is 0 Å². The molecule has 17 nitrogen and oxygen atoms in total. The number of hydrogen-bond donors (Lipinski definition) is 13. The first kappa shape index (κ1) is 49.7. The molecule has 0 unspecified atom stereocenters. The molecule has 17 heteroatoms. The quantitative estimate of drug-likeness (QED) is 0.0688. The number of aliphatic hydroxyl groups is 4. The fraction of sp³-hybridized carbons (Fsp3) is 0.226. The summed E-state index contributed by atoms with van der Waals surface area (Å²) < 4.78 is 26.3. The van der Waals surface area contributed by atoms with Crippen LogP contribution in [0.15, 0.2) is 146 Å². The number of benzene rings is 8. The van der Waals surface area contributed by atoms with Gasteiger partial charge in [-0.2, -0.15) is 0 Å². The number of phenolic OH excluding ortho intramolecular Hbond substituents is 9. The van der Waals surface area contributed by atoms with Crippen molar-refractivity contribution in [1.82, 2.24) is 0 Å². The lowest BCUT2D eigenvalue weighted by Crippen LogP contribution is -2.60. The van der Waals surface area contributed by atoms with E-state index >= 15 is 0 Å². The van der Waals surface area contributed by atoms with Gasteiger partial charge in [0, 0.05) is 70.2 Å². The van der Waals surface area contributed by atoms with E-state index in [2.05, 4.69) is 0 Å². The number of aliphatic hydroxyl groups excluding tert-OH is 4. The van der Waals surface area contributed by atoms with Crippen molar-refractivity contribution in [1.29, 1.82) is 0 Å². The zero-order valence-electron chi connectivity index (χ0n) is 41.5. The summed E-state index contributed by atoms with van der Waals surface area (Å²) in [7, 11) is 0. The number of hydrogen-bond acceptors (Lipinski definition) is 17. The van der Waals surface area contributed by atoms with Gasteiger partial charge in [-0.1, -0.05) is 48.5 Å². The second-order valence-electron chi connectivity index (χ2n) is 21.0. The largest absolute Gasteiger partial charge is 0.508 e. The van der Waals surface area contributed by atoms with Gasteiger partial charge in [0.2, 0.25) is 0 Å². The minimum Gasteiger partial charge on any atom is -0.508 e. The molecule has 3 aliphatic heterocycles. The molecule has 8 aromatic rings. The Kier molecular flexibility index (Phi) is 11.8. The third-order valence-electron chi connectivity index (χ3n) is 16.6. The molecule has 0 radical (unpaired) electrons. The zero-order chi connectivity index (χ0) is 54.9. The van der Waals surface area contributed by atoms with Gasteiger partial charge in [-0.15, -0.1) is 0 Å². The SMILES string of the molecule is OC[C@H]1O[C@@H](O)[C@H](O)[C@@H](O)[C@@H]1Oc1cc(O)cc2c1[C@@H](c1ccc(O)cc1)[C@H]([C@@H]1c3cc(O)cc4c3[C@@H](c3cc(O)cc(O)c3[C@H]1c1ccc(O)cc1)[C@H](c1ccc(O)cc1)O4)c1cc(O)cc3c1[C@@H]2[C@H](c1ccc(O)cc1)O3. The van der Waals surface area contributed by atoms with Crippen molar-refractivity contribution in [3.8, 4) is 69.0 Å². The highest BCUT2D eigenvalue weighted by Gasteiger charge is 2.56. The van der Waals surface area contributed by atoms with Crippen molar-refractivity contribution in [2.24, 2.45) is 0 Å². The van der Waals surface area contributed by atoms with E-state index in [4.69, 9.17) is 18.9 Å². The third-order valence-corrected chi connectivity index (χ3v) is 16.6. The summed E-state index contributed by atoms with van der Waals surface area (Å²) in [4.78, 5) is 0. The average Bonchev–Trinajstić information content (AvgIpc) is 4.19. The van der Waals surface area contributed by atoms with Crippen molar-refractivity contribution in [2.45, 2.75) is 78.4 Å². The van der Waals surface area contributed by atoms with Gasteiger partial charge in [0.15, 0.2) is 12.4 Å². The van der Waals surface area contributed by atoms with E-state index in [0.717, 1.165) is 0 Å². The van der Waals surface area contributed by atoms with Crippen LogP contribution in [0.1, 0.15) is 114 Å². The molecule has 0 amide bonds. The van der Waals surface area contributed by atoms with Gasteiger partial charge in [0.25, 0.3) is 0 Å². The molecule has 0 aromatic heterocycles. The lowest BCUT2D eigenvalue weighted by atomic mass is 9.62. The molecule has 1 saturated heterocycles. The minimum atomic E-state index is -1.92. The Bertz CT molecular complexity index is 3680. The Hall–Kier alpha value is -8.84. The van der Waals surface area contributed by atoms with Crippen LogP contribution in [0.2, 0.25) is 0 Å². The summed E-state index contributed by atoms with van der Waals surface area (Å²) in [6, 6.07) is 37.4. The van der Waals surface area contributed by atoms with Gasteiger partial charge in [-0.3, -0.25) is 0 Å². The van der Waals surface area contributed by atoms with Gasteiger partial charge < -0.3 is 85.3 Å². The minimum absolute atomic E-state index is 0.00746. The summed E-state index contributed by atoms with van der Waals surface area (Å²) in [5.41, 5.74) is 5.70. The highest BCUT2D eigenvalue weighted by atomic mass is 16.7. The van der Waals surface area contributed by atoms with Crippen LogP contribution in [-0.2, 0) is 4.74 Å². The second kappa shape index (κ2) is 18.7. The summed E-state index contributed by atoms with van der Waals surface area (Å²) >= 11 is 0. The molecule has 8 aromatic carbocycles. The highest BCUT2D eigenvalue weighted by molar-refractivity contribution is 5.71. The molecule has 2 aliphatic carbocycles. The molecule has 402 valence electrons. The molecule has 0 spiro atoms. The highest BCUT2D eigenvalue weighted by Crippen LogP contribution is 2.69. The average molecular weight is 1070 g/mol. The monoisotopic (exact) mass is 1070 g/mol. The number of rotatable bonds is 8. The fourth-order valence-corrected chi connectivity index (χ4v) is 13.4. The summed E-state index contributed by atoms with van der Waals surface area (Å²) in [5.74, 6) is -7.23. The molecule has 0 bridgehead atoms. The lowest BCUT2D eigenvalue weighted by Gasteiger charge is -2.42. The van der Waals surface area contributed by atoms with Crippen LogP contribution in [0, 0.1) is 0 Å². The lowest BCUT2D eigenvalue weighted by molar-refractivity contribution is -0.282. The van der Waals surface area contributed by atoms with Gasteiger partial charge in [0.05, 0.1) is 18.4 Å². The molecule has 0 saturated carbocycles. The third kappa shape index (κ3) is 8.02.